The second-order valence-corrected chi connectivity index (χ2v) is 4.79. The highest BCUT2D eigenvalue weighted by Gasteiger charge is 2.18. The van der Waals surface area contributed by atoms with Gasteiger partial charge in [-0.1, -0.05) is 19.1 Å². The van der Waals surface area contributed by atoms with E-state index in [0.29, 0.717) is 5.56 Å². The number of amides is 1. The van der Waals surface area contributed by atoms with Gasteiger partial charge in [0.25, 0.3) is 5.91 Å². The molecule has 1 aromatic carbocycles. The molecular weight excluding hydrogens is 240 g/mol. The number of hydrogen-bond donors (Lipinski definition) is 2. The monoisotopic (exact) mass is 260 g/mol. The van der Waals surface area contributed by atoms with Gasteiger partial charge in [0.05, 0.1) is 18.2 Å². The molecular formula is C15H20N2O2. The van der Waals surface area contributed by atoms with Crippen molar-refractivity contribution in [1.82, 2.24) is 10.3 Å². The molecule has 102 valence electrons. The summed E-state index contributed by atoms with van der Waals surface area (Å²) in [5, 5.41) is 3.90. The van der Waals surface area contributed by atoms with Gasteiger partial charge in [-0.3, -0.25) is 4.79 Å². The number of methoxy groups -OCH3 is 1. The quantitative estimate of drug-likeness (QED) is 0.887. The molecule has 19 heavy (non-hydrogen) atoms. The molecule has 4 heteroatoms. The molecule has 1 unspecified atom stereocenters. The minimum atomic E-state index is -0.0358. The van der Waals surface area contributed by atoms with Crippen LogP contribution in [0.3, 0.4) is 0 Å². The topological polar surface area (TPSA) is 54.1 Å². The fourth-order valence-electron chi connectivity index (χ4n) is 2.18. The molecule has 1 aromatic heterocycles. The summed E-state index contributed by atoms with van der Waals surface area (Å²) in [5.41, 5.74) is 2.44. The maximum Gasteiger partial charge on any atom is 0.253 e. The third-order valence-electron chi connectivity index (χ3n) is 3.42. The molecule has 2 rings (SSSR count). The van der Waals surface area contributed by atoms with Crippen LogP contribution >= 0.6 is 0 Å². The highest BCUT2D eigenvalue weighted by Crippen LogP contribution is 2.29. The Labute approximate surface area is 113 Å². The first-order valence-electron chi connectivity index (χ1n) is 6.54. The number of carbonyl (C=O) groups excluding carboxylic acids is 1. The van der Waals surface area contributed by atoms with Gasteiger partial charge in [0.15, 0.2) is 0 Å². The standard InChI is InChI=1S/C15H20N2O2/c1-5-9(2)16-15(18)13-10(3)17-14-11(13)7-6-8-12(14)19-4/h6-9,17H,5H2,1-4H3,(H,16,18). The Morgan fingerprint density at radius 3 is 2.84 bits per heavy atom. The van der Waals surface area contributed by atoms with Crippen LogP contribution in [-0.4, -0.2) is 24.0 Å². The number of benzene rings is 1. The van der Waals surface area contributed by atoms with Crippen molar-refractivity contribution in [2.45, 2.75) is 33.2 Å². The van der Waals surface area contributed by atoms with E-state index < -0.39 is 0 Å². The van der Waals surface area contributed by atoms with Crippen molar-refractivity contribution < 1.29 is 9.53 Å². The minimum Gasteiger partial charge on any atom is -0.495 e. The average Bonchev–Trinajstić information content (AvgIpc) is 2.74. The van der Waals surface area contributed by atoms with Gasteiger partial charge in [0.2, 0.25) is 0 Å². The Kier molecular flexibility index (Phi) is 3.79. The Balaban J connectivity index is 2.49. The van der Waals surface area contributed by atoms with Crippen molar-refractivity contribution in [3.63, 3.8) is 0 Å². The van der Waals surface area contributed by atoms with Crippen LogP contribution in [0.1, 0.15) is 36.3 Å². The summed E-state index contributed by atoms with van der Waals surface area (Å²) in [7, 11) is 1.63. The predicted octanol–water partition coefficient (Wildman–Crippen LogP) is 3.01. The number of aryl methyl sites for hydroxylation is 1. The molecule has 0 radical (unpaired) electrons. The van der Waals surface area contributed by atoms with Crippen LogP contribution in [0.5, 0.6) is 5.75 Å². The van der Waals surface area contributed by atoms with Gasteiger partial charge < -0.3 is 15.0 Å². The summed E-state index contributed by atoms with van der Waals surface area (Å²) in [6, 6.07) is 5.89. The molecule has 0 spiro atoms. The Hall–Kier alpha value is -1.97. The summed E-state index contributed by atoms with van der Waals surface area (Å²) in [5.74, 6) is 0.717. The fraction of sp³-hybridized carbons (Fsp3) is 0.400. The molecule has 1 heterocycles. The van der Waals surface area contributed by atoms with Gasteiger partial charge in [-0.2, -0.15) is 0 Å². The third kappa shape index (κ3) is 2.43. The lowest BCUT2D eigenvalue weighted by molar-refractivity contribution is 0.0940. The third-order valence-corrected chi connectivity index (χ3v) is 3.42. The molecule has 2 aromatic rings. The lowest BCUT2D eigenvalue weighted by Gasteiger charge is -2.11. The highest BCUT2D eigenvalue weighted by atomic mass is 16.5. The number of carbonyl (C=O) groups is 1. The van der Waals surface area contributed by atoms with E-state index in [1.807, 2.05) is 32.0 Å². The zero-order valence-corrected chi connectivity index (χ0v) is 11.8. The van der Waals surface area contributed by atoms with E-state index in [4.69, 9.17) is 4.74 Å². The van der Waals surface area contributed by atoms with Crippen LogP contribution < -0.4 is 10.1 Å². The molecule has 1 atom stereocenters. The number of aromatic nitrogens is 1. The maximum absolute atomic E-state index is 12.3. The number of ether oxygens (including phenoxy) is 1. The van der Waals surface area contributed by atoms with Gasteiger partial charge in [-0.15, -0.1) is 0 Å². The first kappa shape index (κ1) is 13.5. The summed E-state index contributed by atoms with van der Waals surface area (Å²) in [6.45, 7) is 5.96. The van der Waals surface area contributed by atoms with Gasteiger partial charge in [-0.05, 0) is 26.3 Å². The molecule has 0 saturated carbocycles. The lowest BCUT2D eigenvalue weighted by Crippen LogP contribution is -2.32. The zero-order chi connectivity index (χ0) is 14.0. The first-order chi connectivity index (χ1) is 9.08. The largest absolute Gasteiger partial charge is 0.495 e. The summed E-state index contributed by atoms with van der Waals surface area (Å²) < 4.78 is 5.31. The maximum atomic E-state index is 12.3. The van der Waals surface area contributed by atoms with Crippen molar-refractivity contribution in [1.29, 1.82) is 0 Å². The smallest absolute Gasteiger partial charge is 0.253 e. The fourth-order valence-corrected chi connectivity index (χ4v) is 2.18. The van der Waals surface area contributed by atoms with E-state index in [0.717, 1.165) is 28.8 Å². The van der Waals surface area contributed by atoms with E-state index in [9.17, 15) is 4.79 Å². The van der Waals surface area contributed by atoms with E-state index in [2.05, 4.69) is 17.2 Å². The predicted molar refractivity (Wildman–Crippen MR) is 76.8 cm³/mol. The molecule has 4 nitrogen and oxygen atoms in total. The van der Waals surface area contributed by atoms with E-state index >= 15 is 0 Å². The number of H-pyrrole nitrogens is 1. The summed E-state index contributed by atoms with van der Waals surface area (Å²) >= 11 is 0. The summed E-state index contributed by atoms with van der Waals surface area (Å²) in [4.78, 5) is 15.6. The molecule has 2 N–H and O–H groups in total. The van der Waals surface area contributed by atoms with Crippen LogP contribution in [0, 0.1) is 6.92 Å². The Morgan fingerprint density at radius 2 is 2.21 bits per heavy atom. The van der Waals surface area contributed by atoms with Gasteiger partial charge in [-0.25, -0.2) is 0 Å². The van der Waals surface area contributed by atoms with Crippen LogP contribution in [0.25, 0.3) is 10.9 Å². The first-order valence-corrected chi connectivity index (χ1v) is 6.54. The van der Waals surface area contributed by atoms with Crippen LogP contribution in [-0.2, 0) is 0 Å². The van der Waals surface area contributed by atoms with E-state index in [1.165, 1.54) is 0 Å². The number of hydrogen-bond acceptors (Lipinski definition) is 2. The second kappa shape index (κ2) is 5.34. The number of fused-ring (bicyclic) bond motifs is 1. The summed E-state index contributed by atoms with van der Waals surface area (Å²) in [6.07, 6.45) is 0.913. The van der Waals surface area contributed by atoms with Crippen molar-refractivity contribution in [3.8, 4) is 5.75 Å². The molecule has 0 aliphatic heterocycles. The van der Waals surface area contributed by atoms with Gasteiger partial charge in [0, 0.05) is 17.1 Å². The number of nitrogens with one attached hydrogen (secondary N) is 2. The van der Waals surface area contributed by atoms with Gasteiger partial charge >= 0.3 is 0 Å². The van der Waals surface area contributed by atoms with Crippen molar-refractivity contribution in [2.24, 2.45) is 0 Å². The van der Waals surface area contributed by atoms with Crippen molar-refractivity contribution in [3.05, 3.63) is 29.5 Å². The van der Waals surface area contributed by atoms with Gasteiger partial charge in [0.1, 0.15) is 5.75 Å². The van der Waals surface area contributed by atoms with Crippen molar-refractivity contribution >= 4 is 16.8 Å². The average molecular weight is 260 g/mol. The van der Waals surface area contributed by atoms with Crippen LogP contribution in [0.4, 0.5) is 0 Å². The van der Waals surface area contributed by atoms with Crippen LogP contribution in [0.2, 0.25) is 0 Å². The number of rotatable bonds is 4. The molecule has 0 aliphatic rings. The number of para-hydroxylation sites is 1. The molecule has 0 aliphatic carbocycles. The van der Waals surface area contributed by atoms with E-state index in [-0.39, 0.29) is 11.9 Å². The Bertz CT molecular complexity index is 601. The normalized spacial score (nSPS) is 12.4. The van der Waals surface area contributed by atoms with E-state index in [1.54, 1.807) is 7.11 Å². The zero-order valence-electron chi connectivity index (χ0n) is 11.8. The highest BCUT2D eigenvalue weighted by molar-refractivity contribution is 6.09. The number of aromatic amines is 1. The minimum absolute atomic E-state index is 0.0358. The molecule has 1 amide bonds. The molecule has 0 fully saturated rings. The van der Waals surface area contributed by atoms with Crippen LogP contribution in [0.15, 0.2) is 18.2 Å². The lowest BCUT2D eigenvalue weighted by atomic mass is 10.1. The second-order valence-electron chi connectivity index (χ2n) is 4.79. The Morgan fingerprint density at radius 1 is 1.47 bits per heavy atom. The SMILES string of the molecule is CCC(C)NC(=O)c1c(C)[nH]c2c(OC)cccc12. The molecule has 0 saturated heterocycles. The molecule has 0 bridgehead atoms. The van der Waals surface area contributed by atoms with Crippen molar-refractivity contribution in [2.75, 3.05) is 7.11 Å².